The molecule has 1 heterocycles. The summed E-state index contributed by atoms with van der Waals surface area (Å²) in [5.41, 5.74) is 1.54. The van der Waals surface area contributed by atoms with Gasteiger partial charge < -0.3 is 9.64 Å². The van der Waals surface area contributed by atoms with Crippen LogP contribution in [0, 0.1) is 5.82 Å². The highest BCUT2D eigenvalue weighted by Gasteiger charge is 2.29. The highest BCUT2D eigenvalue weighted by Crippen LogP contribution is 2.30. The van der Waals surface area contributed by atoms with Crippen LogP contribution in [-0.4, -0.2) is 33.4 Å². The molecule has 1 aliphatic rings. The van der Waals surface area contributed by atoms with E-state index in [9.17, 15) is 21.6 Å². The predicted molar refractivity (Wildman–Crippen MR) is 91.5 cm³/mol. The zero-order valence-corrected chi connectivity index (χ0v) is 14.8. The van der Waals surface area contributed by atoms with E-state index in [0.717, 1.165) is 5.56 Å². The molecule has 0 aromatic heterocycles. The minimum absolute atomic E-state index is 0.108. The number of benzene rings is 2. The van der Waals surface area contributed by atoms with Crippen molar-refractivity contribution in [2.75, 3.05) is 18.0 Å². The third kappa shape index (κ3) is 3.86. The van der Waals surface area contributed by atoms with E-state index >= 15 is 0 Å². The van der Waals surface area contributed by atoms with Crippen molar-refractivity contribution < 1.29 is 26.3 Å². The zero-order valence-electron chi connectivity index (χ0n) is 14.0. The minimum Gasteiger partial charge on any atom is -0.367 e. The van der Waals surface area contributed by atoms with Gasteiger partial charge >= 0.3 is 5.76 Å². The van der Waals surface area contributed by atoms with Crippen LogP contribution in [0.2, 0.25) is 0 Å². The molecule has 0 bridgehead atoms. The van der Waals surface area contributed by atoms with Crippen LogP contribution in [0.5, 0.6) is 0 Å². The van der Waals surface area contributed by atoms with E-state index in [2.05, 4.69) is 0 Å². The van der Waals surface area contributed by atoms with Gasteiger partial charge in [-0.3, -0.25) is 0 Å². The molecule has 0 N–H and O–H groups in total. The molecule has 0 amide bonds. The smallest absolute Gasteiger partial charge is 0.341 e. The lowest BCUT2D eigenvalue weighted by atomic mass is 10.1. The molecule has 2 aromatic carbocycles. The molecule has 4 nitrogen and oxygen atoms in total. The second-order valence-electron chi connectivity index (χ2n) is 6.19. The summed E-state index contributed by atoms with van der Waals surface area (Å²) in [7, 11) is -4.61. The fourth-order valence-electron chi connectivity index (χ4n) is 2.97. The summed E-state index contributed by atoms with van der Waals surface area (Å²) in [6.45, 7) is 2.95. The van der Waals surface area contributed by atoms with Crippen molar-refractivity contribution in [3.63, 3.8) is 0 Å². The van der Waals surface area contributed by atoms with E-state index in [-0.39, 0.29) is 18.0 Å². The molecule has 140 valence electrons. The standard InChI is InChI=1S/C18H18F3NO3S/c1-12-10-22(11-17(25-12)13-2-4-14(19)5-3-13)15-6-8-16(9-7-15)26(23,24)18(20)21/h2-9,12,17-18H,10-11H2,1H3. The number of sulfone groups is 1. The summed E-state index contributed by atoms with van der Waals surface area (Å²) in [6.07, 6.45) is -0.382. The van der Waals surface area contributed by atoms with Gasteiger partial charge in [-0.2, -0.15) is 8.78 Å². The first-order chi connectivity index (χ1) is 12.3. The Morgan fingerprint density at radius 2 is 1.65 bits per heavy atom. The normalized spacial score (nSPS) is 21.2. The summed E-state index contributed by atoms with van der Waals surface area (Å²) in [5, 5.41) is 0. The van der Waals surface area contributed by atoms with Gasteiger partial charge in [0, 0.05) is 18.8 Å². The number of alkyl halides is 2. The average Bonchev–Trinajstić information content (AvgIpc) is 2.62. The van der Waals surface area contributed by atoms with E-state index in [1.807, 2.05) is 11.8 Å². The summed E-state index contributed by atoms with van der Waals surface area (Å²) >= 11 is 0. The Balaban J connectivity index is 1.81. The maximum atomic E-state index is 13.1. The summed E-state index contributed by atoms with van der Waals surface area (Å²) in [4.78, 5) is 1.58. The Hall–Kier alpha value is -2.06. The quantitative estimate of drug-likeness (QED) is 0.804. The van der Waals surface area contributed by atoms with Gasteiger partial charge in [-0.05, 0) is 48.9 Å². The Morgan fingerprint density at radius 1 is 1.04 bits per heavy atom. The second kappa shape index (κ2) is 7.28. The Morgan fingerprint density at radius 3 is 2.23 bits per heavy atom. The number of anilines is 1. The highest BCUT2D eigenvalue weighted by molar-refractivity contribution is 7.91. The van der Waals surface area contributed by atoms with Gasteiger partial charge in [0.25, 0.3) is 0 Å². The van der Waals surface area contributed by atoms with Gasteiger partial charge in [0.2, 0.25) is 9.84 Å². The van der Waals surface area contributed by atoms with Crippen molar-refractivity contribution in [1.82, 2.24) is 0 Å². The second-order valence-corrected chi connectivity index (χ2v) is 8.11. The molecule has 1 aliphatic heterocycles. The molecule has 2 unspecified atom stereocenters. The van der Waals surface area contributed by atoms with Crippen LogP contribution < -0.4 is 4.90 Å². The van der Waals surface area contributed by atoms with Crippen LogP contribution in [0.15, 0.2) is 53.4 Å². The summed E-state index contributed by atoms with van der Waals surface area (Å²) in [6, 6.07) is 11.4. The van der Waals surface area contributed by atoms with E-state index < -0.39 is 20.5 Å². The number of nitrogens with zero attached hydrogens (tertiary/aromatic N) is 1. The number of halogens is 3. The average molecular weight is 385 g/mol. The lowest BCUT2D eigenvalue weighted by Gasteiger charge is -2.38. The molecule has 2 aromatic rings. The van der Waals surface area contributed by atoms with Crippen molar-refractivity contribution in [2.45, 2.75) is 29.8 Å². The largest absolute Gasteiger partial charge is 0.367 e. The van der Waals surface area contributed by atoms with Gasteiger partial charge in [0.15, 0.2) is 0 Å². The number of ether oxygens (including phenoxy) is 1. The first-order valence-electron chi connectivity index (χ1n) is 8.05. The number of morpholine rings is 1. The minimum atomic E-state index is -4.61. The molecule has 3 rings (SSSR count). The van der Waals surface area contributed by atoms with E-state index in [4.69, 9.17) is 4.74 Å². The fraction of sp³-hybridized carbons (Fsp3) is 0.333. The molecule has 2 atom stereocenters. The molecular formula is C18H18F3NO3S. The van der Waals surface area contributed by atoms with Crippen molar-refractivity contribution in [1.29, 1.82) is 0 Å². The van der Waals surface area contributed by atoms with E-state index in [1.54, 1.807) is 12.1 Å². The SMILES string of the molecule is CC1CN(c2ccc(S(=O)(=O)C(F)F)cc2)CC(c2ccc(F)cc2)O1. The summed E-state index contributed by atoms with van der Waals surface area (Å²) < 4.78 is 67.3. The third-order valence-corrected chi connectivity index (χ3v) is 5.67. The first kappa shape index (κ1) is 18.7. The Kier molecular flexibility index (Phi) is 5.24. The van der Waals surface area contributed by atoms with Crippen LogP contribution in [0.25, 0.3) is 0 Å². The lowest BCUT2D eigenvalue weighted by Crippen LogP contribution is -2.42. The molecule has 0 radical (unpaired) electrons. The maximum Gasteiger partial charge on any atom is 0.341 e. The maximum absolute atomic E-state index is 13.1. The summed E-state index contributed by atoms with van der Waals surface area (Å²) in [5.74, 6) is -3.77. The van der Waals surface area contributed by atoms with E-state index in [0.29, 0.717) is 18.8 Å². The van der Waals surface area contributed by atoms with Crippen molar-refractivity contribution in [3.05, 3.63) is 59.9 Å². The topological polar surface area (TPSA) is 46.6 Å². The molecule has 0 spiro atoms. The van der Waals surface area contributed by atoms with Crippen LogP contribution in [0.4, 0.5) is 18.9 Å². The predicted octanol–water partition coefficient (Wildman–Crippen LogP) is 3.79. The van der Waals surface area contributed by atoms with Crippen molar-refractivity contribution >= 4 is 15.5 Å². The van der Waals surface area contributed by atoms with Crippen molar-refractivity contribution in [2.24, 2.45) is 0 Å². The molecule has 8 heteroatoms. The van der Waals surface area contributed by atoms with Crippen LogP contribution in [0.1, 0.15) is 18.6 Å². The van der Waals surface area contributed by atoms with Crippen LogP contribution >= 0.6 is 0 Å². The molecular weight excluding hydrogens is 367 g/mol. The third-order valence-electron chi connectivity index (χ3n) is 4.27. The number of hydrogen-bond donors (Lipinski definition) is 0. The lowest BCUT2D eigenvalue weighted by molar-refractivity contribution is -0.0174. The number of hydrogen-bond acceptors (Lipinski definition) is 4. The fourth-order valence-corrected chi connectivity index (χ4v) is 3.69. The molecule has 0 aliphatic carbocycles. The van der Waals surface area contributed by atoms with E-state index in [1.165, 1.54) is 36.4 Å². The van der Waals surface area contributed by atoms with Gasteiger partial charge in [-0.15, -0.1) is 0 Å². The monoisotopic (exact) mass is 385 g/mol. The molecule has 1 fully saturated rings. The molecule has 1 saturated heterocycles. The molecule has 26 heavy (non-hydrogen) atoms. The highest BCUT2D eigenvalue weighted by atomic mass is 32.2. The van der Waals surface area contributed by atoms with Gasteiger partial charge in [-0.1, -0.05) is 12.1 Å². The van der Waals surface area contributed by atoms with Gasteiger partial charge in [0.1, 0.15) is 11.9 Å². The first-order valence-corrected chi connectivity index (χ1v) is 9.60. The zero-order chi connectivity index (χ0) is 18.9. The van der Waals surface area contributed by atoms with Crippen LogP contribution in [-0.2, 0) is 14.6 Å². The van der Waals surface area contributed by atoms with Gasteiger partial charge in [0.05, 0.1) is 11.0 Å². The molecule has 0 saturated carbocycles. The van der Waals surface area contributed by atoms with Crippen LogP contribution in [0.3, 0.4) is 0 Å². The Labute approximate surface area is 150 Å². The Bertz CT molecular complexity index is 854. The van der Waals surface area contributed by atoms with Gasteiger partial charge in [-0.25, -0.2) is 12.8 Å². The van der Waals surface area contributed by atoms with Crippen molar-refractivity contribution in [3.8, 4) is 0 Å². The number of rotatable bonds is 4.